The smallest absolute Gasteiger partial charge is 0.265 e. The second kappa shape index (κ2) is 5.26. The number of halogens is 3. The molecule has 1 aromatic carbocycles. The molecule has 0 heterocycles. The topological polar surface area (TPSA) is 18.5 Å². The van der Waals surface area contributed by atoms with Crippen LogP contribution in [0.2, 0.25) is 0 Å². The normalized spacial score (nSPS) is 10.6. The molecule has 0 aliphatic heterocycles. The Labute approximate surface area is 89.0 Å². The summed E-state index contributed by atoms with van der Waals surface area (Å²) in [5.74, 6) is 0.366. The van der Waals surface area contributed by atoms with E-state index in [1.54, 1.807) is 6.07 Å². The van der Waals surface area contributed by atoms with Crippen molar-refractivity contribution in [2.75, 3.05) is 13.9 Å². The minimum absolute atomic E-state index is 0.0459. The number of benzene rings is 1. The van der Waals surface area contributed by atoms with Gasteiger partial charge in [0.25, 0.3) is 6.43 Å². The highest BCUT2D eigenvalue weighted by molar-refractivity contribution is 9.10. The van der Waals surface area contributed by atoms with Gasteiger partial charge < -0.3 is 9.47 Å². The average molecular weight is 267 g/mol. The van der Waals surface area contributed by atoms with E-state index >= 15 is 0 Å². The van der Waals surface area contributed by atoms with Crippen molar-refractivity contribution in [1.29, 1.82) is 0 Å². The Morgan fingerprint density at radius 3 is 2.71 bits per heavy atom. The fourth-order valence-electron chi connectivity index (χ4n) is 0.906. The van der Waals surface area contributed by atoms with E-state index in [9.17, 15) is 8.78 Å². The first-order valence-electron chi connectivity index (χ1n) is 3.84. The lowest BCUT2D eigenvalue weighted by Crippen LogP contribution is -1.99. The standard InChI is InChI=1S/C9H9BrF2O2/c1-13-5-14-6-2-3-8(10)7(4-6)9(11)12/h2-4,9H,5H2,1H3. The first-order chi connectivity index (χ1) is 6.65. The van der Waals surface area contributed by atoms with Crippen LogP contribution in [0.3, 0.4) is 0 Å². The summed E-state index contributed by atoms with van der Waals surface area (Å²) >= 11 is 3.03. The maximum atomic E-state index is 12.4. The van der Waals surface area contributed by atoms with Gasteiger partial charge in [-0.05, 0) is 18.2 Å². The van der Waals surface area contributed by atoms with Gasteiger partial charge in [-0.25, -0.2) is 8.78 Å². The van der Waals surface area contributed by atoms with Crippen molar-refractivity contribution in [3.8, 4) is 5.75 Å². The van der Waals surface area contributed by atoms with Gasteiger partial charge in [0.05, 0.1) is 0 Å². The third kappa shape index (κ3) is 2.92. The van der Waals surface area contributed by atoms with Gasteiger partial charge in [-0.1, -0.05) is 15.9 Å². The van der Waals surface area contributed by atoms with E-state index in [4.69, 9.17) is 4.74 Å². The SMILES string of the molecule is COCOc1ccc(Br)c(C(F)F)c1. The minimum Gasteiger partial charge on any atom is -0.468 e. The molecule has 14 heavy (non-hydrogen) atoms. The van der Waals surface area contributed by atoms with Crippen molar-refractivity contribution in [3.05, 3.63) is 28.2 Å². The molecular formula is C9H9BrF2O2. The molecule has 2 nitrogen and oxygen atoms in total. The predicted molar refractivity (Wildman–Crippen MR) is 51.6 cm³/mol. The number of rotatable bonds is 4. The molecule has 0 aliphatic carbocycles. The molecule has 0 aliphatic rings. The summed E-state index contributed by atoms with van der Waals surface area (Å²) in [5.41, 5.74) is -0.0846. The summed E-state index contributed by atoms with van der Waals surface area (Å²) in [6.45, 7) is 0.0459. The summed E-state index contributed by atoms with van der Waals surface area (Å²) < 4.78 is 34.9. The third-order valence-corrected chi connectivity index (χ3v) is 2.27. The van der Waals surface area contributed by atoms with Gasteiger partial charge in [0.1, 0.15) is 5.75 Å². The van der Waals surface area contributed by atoms with Crippen LogP contribution in [0.5, 0.6) is 5.75 Å². The van der Waals surface area contributed by atoms with Gasteiger partial charge in [-0.2, -0.15) is 0 Å². The first kappa shape index (κ1) is 11.4. The molecule has 78 valence electrons. The molecule has 0 saturated heterocycles. The molecule has 0 aromatic heterocycles. The van der Waals surface area contributed by atoms with Crippen molar-refractivity contribution in [1.82, 2.24) is 0 Å². The third-order valence-electron chi connectivity index (χ3n) is 1.55. The van der Waals surface area contributed by atoms with Crippen LogP contribution < -0.4 is 4.74 Å². The number of ether oxygens (including phenoxy) is 2. The molecule has 0 fully saturated rings. The van der Waals surface area contributed by atoms with Crippen molar-refractivity contribution in [2.24, 2.45) is 0 Å². The number of methoxy groups -OCH3 is 1. The van der Waals surface area contributed by atoms with E-state index in [1.165, 1.54) is 19.2 Å². The fraction of sp³-hybridized carbons (Fsp3) is 0.333. The fourth-order valence-corrected chi connectivity index (χ4v) is 1.33. The van der Waals surface area contributed by atoms with Gasteiger partial charge in [-0.15, -0.1) is 0 Å². The second-order valence-electron chi connectivity index (χ2n) is 2.53. The number of hydrogen-bond acceptors (Lipinski definition) is 2. The molecule has 0 amide bonds. The van der Waals surface area contributed by atoms with Crippen LogP contribution in [0.25, 0.3) is 0 Å². The molecule has 0 N–H and O–H groups in total. The summed E-state index contributed by atoms with van der Waals surface area (Å²) in [6.07, 6.45) is -2.52. The largest absolute Gasteiger partial charge is 0.468 e. The number of hydrogen-bond donors (Lipinski definition) is 0. The first-order valence-corrected chi connectivity index (χ1v) is 4.63. The highest BCUT2D eigenvalue weighted by Gasteiger charge is 2.12. The van der Waals surface area contributed by atoms with Crippen LogP contribution in [0, 0.1) is 0 Å². The lowest BCUT2D eigenvalue weighted by Gasteiger charge is -2.08. The Balaban J connectivity index is 2.83. The van der Waals surface area contributed by atoms with Crippen LogP contribution in [0.1, 0.15) is 12.0 Å². The maximum absolute atomic E-state index is 12.4. The van der Waals surface area contributed by atoms with E-state index in [-0.39, 0.29) is 12.4 Å². The summed E-state index contributed by atoms with van der Waals surface area (Å²) in [4.78, 5) is 0. The van der Waals surface area contributed by atoms with E-state index < -0.39 is 6.43 Å². The van der Waals surface area contributed by atoms with Crippen molar-refractivity contribution < 1.29 is 18.3 Å². The van der Waals surface area contributed by atoms with Crippen LogP contribution in [-0.4, -0.2) is 13.9 Å². The Bertz CT molecular complexity index is 305. The van der Waals surface area contributed by atoms with Crippen LogP contribution >= 0.6 is 15.9 Å². The zero-order valence-electron chi connectivity index (χ0n) is 7.47. The summed E-state index contributed by atoms with van der Waals surface area (Å²) in [7, 11) is 1.47. The molecule has 0 unspecified atom stereocenters. The molecule has 0 saturated carbocycles. The lowest BCUT2D eigenvalue weighted by molar-refractivity contribution is 0.0507. The zero-order valence-corrected chi connectivity index (χ0v) is 9.05. The Morgan fingerprint density at radius 1 is 1.43 bits per heavy atom. The van der Waals surface area contributed by atoms with E-state index in [1.807, 2.05) is 0 Å². The molecule has 0 spiro atoms. The van der Waals surface area contributed by atoms with Crippen molar-refractivity contribution in [2.45, 2.75) is 6.43 Å². The van der Waals surface area contributed by atoms with Crippen molar-refractivity contribution >= 4 is 15.9 Å². The monoisotopic (exact) mass is 266 g/mol. The highest BCUT2D eigenvalue weighted by Crippen LogP contribution is 2.30. The van der Waals surface area contributed by atoms with Crippen LogP contribution in [-0.2, 0) is 4.74 Å². The van der Waals surface area contributed by atoms with Gasteiger partial charge in [0, 0.05) is 17.1 Å². The zero-order chi connectivity index (χ0) is 10.6. The van der Waals surface area contributed by atoms with E-state index in [2.05, 4.69) is 20.7 Å². The second-order valence-corrected chi connectivity index (χ2v) is 3.39. The maximum Gasteiger partial charge on any atom is 0.265 e. The Morgan fingerprint density at radius 2 is 2.14 bits per heavy atom. The molecule has 1 rings (SSSR count). The van der Waals surface area contributed by atoms with Gasteiger partial charge in [0.2, 0.25) is 0 Å². The molecule has 5 heteroatoms. The van der Waals surface area contributed by atoms with E-state index in [0.717, 1.165) is 0 Å². The Hall–Kier alpha value is -0.680. The van der Waals surface area contributed by atoms with Crippen LogP contribution in [0.15, 0.2) is 22.7 Å². The molecule has 0 bridgehead atoms. The van der Waals surface area contributed by atoms with Gasteiger partial charge in [0.15, 0.2) is 6.79 Å². The summed E-state index contributed by atoms with van der Waals surface area (Å²) in [5, 5.41) is 0. The van der Waals surface area contributed by atoms with Crippen LogP contribution in [0.4, 0.5) is 8.78 Å². The highest BCUT2D eigenvalue weighted by atomic mass is 79.9. The summed E-state index contributed by atoms with van der Waals surface area (Å²) in [6, 6.07) is 4.40. The average Bonchev–Trinajstić information content (AvgIpc) is 2.16. The minimum atomic E-state index is -2.52. The molecule has 0 radical (unpaired) electrons. The lowest BCUT2D eigenvalue weighted by atomic mass is 10.2. The molecule has 0 atom stereocenters. The quantitative estimate of drug-likeness (QED) is 0.778. The van der Waals surface area contributed by atoms with Gasteiger partial charge >= 0.3 is 0 Å². The molecule has 1 aromatic rings. The van der Waals surface area contributed by atoms with Gasteiger partial charge in [-0.3, -0.25) is 0 Å². The Kier molecular flexibility index (Phi) is 4.28. The van der Waals surface area contributed by atoms with Crippen molar-refractivity contribution in [3.63, 3.8) is 0 Å². The number of alkyl halides is 2. The molecular weight excluding hydrogens is 258 g/mol. The van der Waals surface area contributed by atoms with E-state index in [0.29, 0.717) is 10.2 Å². The predicted octanol–water partition coefficient (Wildman–Crippen LogP) is 3.37.